The van der Waals surface area contributed by atoms with Crippen molar-refractivity contribution in [1.82, 2.24) is 19.9 Å². The monoisotopic (exact) mass is 376 g/mol. The first-order valence-electron chi connectivity index (χ1n) is 9.37. The Kier molecular flexibility index (Phi) is 4.46. The molecule has 0 aromatic carbocycles. The van der Waals surface area contributed by atoms with Crippen LogP contribution >= 0.6 is 0 Å². The molecule has 3 aromatic heterocycles. The molecule has 5 rings (SSSR count). The molecule has 8 nitrogen and oxygen atoms in total. The van der Waals surface area contributed by atoms with Crippen LogP contribution in [-0.4, -0.2) is 52.8 Å². The number of morpholine rings is 1. The molecule has 0 amide bonds. The van der Waals surface area contributed by atoms with Crippen molar-refractivity contribution in [3.63, 3.8) is 0 Å². The van der Waals surface area contributed by atoms with Gasteiger partial charge in [-0.25, -0.2) is 0 Å². The van der Waals surface area contributed by atoms with Crippen molar-refractivity contribution in [2.45, 2.75) is 6.42 Å². The predicted octanol–water partition coefficient (Wildman–Crippen LogP) is 2.59. The van der Waals surface area contributed by atoms with Crippen LogP contribution in [0.1, 0.15) is 5.56 Å². The highest BCUT2D eigenvalue weighted by Gasteiger charge is 2.29. The van der Waals surface area contributed by atoms with Gasteiger partial charge >= 0.3 is 0 Å². The zero-order valence-corrected chi connectivity index (χ0v) is 15.4. The molecule has 2 aliphatic heterocycles. The summed E-state index contributed by atoms with van der Waals surface area (Å²) in [6.07, 6.45) is 7.85. The van der Waals surface area contributed by atoms with Crippen LogP contribution in [0.4, 0.5) is 17.5 Å². The molecule has 0 atom stereocenters. The lowest BCUT2D eigenvalue weighted by Crippen LogP contribution is -2.37. The second-order valence-corrected chi connectivity index (χ2v) is 6.63. The number of fused-ring (bicyclic) bond motifs is 1. The average Bonchev–Trinajstić information content (AvgIpc) is 3.20. The Bertz CT molecular complexity index is 948. The minimum Gasteiger partial charge on any atom is -0.437 e. The molecule has 0 spiro atoms. The Morgan fingerprint density at radius 1 is 0.929 bits per heavy atom. The van der Waals surface area contributed by atoms with Gasteiger partial charge in [0, 0.05) is 32.0 Å². The number of rotatable bonds is 4. The first-order valence-corrected chi connectivity index (χ1v) is 9.37. The first kappa shape index (κ1) is 16.9. The fraction of sp³-hybridized carbons (Fsp3) is 0.300. The summed E-state index contributed by atoms with van der Waals surface area (Å²) in [5.74, 6) is 2.79. The lowest BCUT2D eigenvalue weighted by molar-refractivity contribution is 0.122. The van der Waals surface area contributed by atoms with Crippen LogP contribution in [0, 0.1) is 0 Å². The summed E-state index contributed by atoms with van der Waals surface area (Å²) < 4.78 is 11.6. The molecule has 0 unspecified atom stereocenters. The Morgan fingerprint density at radius 2 is 1.75 bits per heavy atom. The van der Waals surface area contributed by atoms with Crippen LogP contribution in [0.25, 0.3) is 0 Å². The van der Waals surface area contributed by atoms with Gasteiger partial charge in [0.15, 0.2) is 0 Å². The van der Waals surface area contributed by atoms with Crippen LogP contribution in [0.3, 0.4) is 0 Å². The highest BCUT2D eigenvalue weighted by Crippen LogP contribution is 2.39. The Balaban J connectivity index is 1.57. The maximum Gasteiger partial charge on any atom is 0.230 e. The first-order chi connectivity index (χ1) is 13.9. The van der Waals surface area contributed by atoms with E-state index in [9.17, 15) is 0 Å². The van der Waals surface area contributed by atoms with E-state index < -0.39 is 0 Å². The lowest BCUT2D eigenvalue weighted by atomic mass is 10.2. The molecule has 8 heteroatoms. The lowest BCUT2D eigenvalue weighted by Gasteiger charge is -2.28. The minimum absolute atomic E-state index is 0.589. The standard InChI is InChI=1S/C20H20N6O2/c1-3-15(13-21-6-1)26-8-5-17-18(26)23-20(25-9-11-27-12-10-25)24-19(17)28-16-4-2-7-22-14-16/h1-4,6-7,13-14H,5,8-12H2. The summed E-state index contributed by atoms with van der Waals surface area (Å²) in [7, 11) is 0. The quantitative estimate of drug-likeness (QED) is 0.688. The minimum atomic E-state index is 0.589. The third-order valence-corrected chi connectivity index (χ3v) is 4.88. The molecular weight excluding hydrogens is 356 g/mol. The second-order valence-electron chi connectivity index (χ2n) is 6.63. The maximum absolute atomic E-state index is 6.12. The SMILES string of the molecule is c1cncc(Oc2nc(N3CCOCC3)nc3c2CCN3c2cccnc2)c1. The second kappa shape index (κ2) is 7.40. The number of anilines is 3. The van der Waals surface area contributed by atoms with Crippen molar-refractivity contribution in [1.29, 1.82) is 0 Å². The molecule has 1 saturated heterocycles. The third kappa shape index (κ3) is 3.22. The van der Waals surface area contributed by atoms with E-state index in [0.717, 1.165) is 43.1 Å². The smallest absolute Gasteiger partial charge is 0.230 e. The Hall–Kier alpha value is -3.26. The number of pyridine rings is 2. The molecule has 0 aliphatic carbocycles. The third-order valence-electron chi connectivity index (χ3n) is 4.88. The van der Waals surface area contributed by atoms with Crippen molar-refractivity contribution in [2.75, 3.05) is 42.6 Å². The summed E-state index contributed by atoms with van der Waals surface area (Å²) >= 11 is 0. The van der Waals surface area contributed by atoms with Gasteiger partial charge in [-0.3, -0.25) is 9.97 Å². The van der Waals surface area contributed by atoms with Crippen LogP contribution < -0.4 is 14.5 Å². The number of aromatic nitrogens is 4. The van der Waals surface area contributed by atoms with Gasteiger partial charge in [-0.2, -0.15) is 9.97 Å². The molecule has 0 bridgehead atoms. The number of hydrogen-bond donors (Lipinski definition) is 0. The van der Waals surface area contributed by atoms with Gasteiger partial charge in [-0.15, -0.1) is 0 Å². The van der Waals surface area contributed by atoms with Crippen LogP contribution in [0.5, 0.6) is 11.6 Å². The van der Waals surface area contributed by atoms with Gasteiger partial charge in [0.2, 0.25) is 11.8 Å². The van der Waals surface area contributed by atoms with E-state index in [2.05, 4.69) is 19.8 Å². The van der Waals surface area contributed by atoms with E-state index in [-0.39, 0.29) is 0 Å². The molecule has 1 fully saturated rings. The maximum atomic E-state index is 6.12. The normalized spacial score (nSPS) is 16.1. The predicted molar refractivity (Wildman–Crippen MR) is 104 cm³/mol. The fourth-order valence-electron chi connectivity index (χ4n) is 3.49. The van der Waals surface area contributed by atoms with Crippen LogP contribution in [0.15, 0.2) is 49.1 Å². The summed E-state index contributed by atoms with van der Waals surface area (Å²) in [4.78, 5) is 22.4. The molecule has 2 aliphatic rings. The van der Waals surface area contributed by atoms with E-state index >= 15 is 0 Å². The molecule has 0 N–H and O–H groups in total. The average molecular weight is 376 g/mol. The number of nitrogens with zero attached hydrogens (tertiary/aromatic N) is 6. The zero-order chi connectivity index (χ0) is 18.8. The topological polar surface area (TPSA) is 76.5 Å². The van der Waals surface area contributed by atoms with E-state index in [0.29, 0.717) is 30.8 Å². The van der Waals surface area contributed by atoms with Gasteiger partial charge in [-0.1, -0.05) is 0 Å². The van der Waals surface area contributed by atoms with Crippen molar-refractivity contribution < 1.29 is 9.47 Å². The summed E-state index contributed by atoms with van der Waals surface area (Å²) in [5, 5.41) is 0. The van der Waals surface area contributed by atoms with Gasteiger partial charge in [0.05, 0.1) is 36.9 Å². The van der Waals surface area contributed by atoms with Gasteiger partial charge in [-0.05, 0) is 30.7 Å². The highest BCUT2D eigenvalue weighted by molar-refractivity contribution is 5.69. The number of hydrogen-bond acceptors (Lipinski definition) is 8. The fourth-order valence-corrected chi connectivity index (χ4v) is 3.49. The summed E-state index contributed by atoms with van der Waals surface area (Å²) in [6, 6.07) is 7.70. The van der Waals surface area contributed by atoms with Crippen molar-refractivity contribution in [3.05, 3.63) is 54.6 Å². The Labute approximate surface area is 162 Å². The largest absolute Gasteiger partial charge is 0.437 e. The molecule has 28 heavy (non-hydrogen) atoms. The highest BCUT2D eigenvalue weighted by atomic mass is 16.5. The Morgan fingerprint density at radius 3 is 2.50 bits per heavy atom. The molecular formula is C20H20N6O2. The van der Waals surface area contributed by atoms with Crippen LogP contribution in [-0.2, 0) is 11.2 Å². The summed E-state index contributed by atoms with van der Waals surface area (Å²) in [6.45, 7) is 3.68. The van der Waals surface area contributed by atoms with Gasteiger partial charge < -0.3 is 19.3 Å². The van der Waals surface area contributed by atoms with E-state index in [1.54, 1.807) is 18.6 Å². The van der Waals surface area contributed by atoms with Crippen molar-refractivity contribution in [2.24, 2.45) is 0 Å². The number of ether oxygens (including phenoxy) is 2. The molecule has 0 radical (unpaired) electrons. The van der Waals surface area contributed by atoms with E-state index in [1.807, 2.05) is 30.5 Å². The van der Waals surface area contributed by atoms with Crippen molar-refractivity contribution >= 4 is 17.5 Å². The van der Waals surface area contributed by atoms with Crippen LogP contribution in [0.2, 0.25) is 0 Å². The molecule has 3 aromatic rings. The van der Waals surface area contributed by atoms with Gasteiger partial charge in [0.25, 0.3) is 0 Å². The van der Waals surface area contributed by atoms with E-state index in [4.69, 9.17) is 19.4 Å². The van der Waals surface area contributed by atoms with Gasteiger partial charge in [0.1, 0.15) is 11.6 Å². The van der Waals surface area contributed by atoms with E-state index in [1.165, 1.54) is 0 Å². The van der Waals surface area contributed by atoms with Crippen molar-refractivity contribution in [3.8, 4) is 11.6 Å². The molecule has 142 valence electrons. The summed E-state index contributed by atoms with van der Waals surface area (Å²) in [5.41, 5.74) is 2.02. The molecule has 0 saturated carbocycles. The molecule has 5 heterocycles. The zero-order valence-electron chi connectivity index (χ0n) is 15.4.